The van der Waals surface area contributed by atoms with Gasteiger partial charge in [0.05, 0.1) is 5.97 Å². The maximum Gasteiger partial charge on any atom is 1.00 e. The molecule has 144 valence electrons. The van der Waals surface area contributed by atoms with E-state index in [1.54, 1.807) is 18.2 Å². The number of fused-ring (bicyclic) bond motifs is 1. The van der Waals surface area contributed by atoms with Gasteiger partial charge in [0.2, 0.25) is 5.89 Å². The molecule has 0 radical (unpaired) electrons. The minimum Gasteiger partial charge on any atom is -0.545 e. The van der Waals surface area contributed by atoms with Crippen molar-refractivity contribution in [2.75, 3.05) is 0 Å². The minimum absolute atomic E-state index is 0. The maximum absolute atomic E-state index is 11.1. The summed E-state index contributed by atoms with van der Waals surface area (Å²) in [6.45, 7) is 0. The Kier molecular flexibility index (Phi) is 6.05. The molecule has 0 amide bonds. The normalized spacial score (nSPS) is 10.6. The van der Waals surface area contributed by atoms with Crippen molar-refractivity contribution in [3.8, 4) is 34.0 Å². The van der Waals surface area contributed by atoms with Crippen LogP contribution >= 0.6 is 0 Å². The van der Waals surface area contributed by atoms with Crippen molar-refractivity contribution in [3.05, 3.63) is 103 Å². The van der Waals surface area contributed by atoms with Gasteiger partial charge in [-0.2, -0.15) is 0 Å². The number of aromatic nitrogens is 1. The molecule has 1 heterocycles. The second-order valence-corrected chi connectivity index (χ2v) is 6.99. The maximum atomic E-state index is 11.1. The first-order valence-corrected chi connectivity index (χ1v) is 9.56. The van der Waals surface area contributed by atoms with Crippen molar-refractivity contribution in [1.29, 1.82) is 0 Å². The molecular weight excluding hydrogens is 397 g/mol. The Morgan fingerprint density at radius 1 is 0.710 bits per heavy atom. The van der Waals surface area contributed by atoms with Crippen molar-refractivity contribution in [2.24, 2.45) is 0 Å². The smallest absolute Gasteiger partial charge is 0.545 e. The number of carbonyl (C=O) groups is 1. The SMILES string of the molecule is O=C([O-])c1ccc2cc(-c3nc(-c4ccccc4)c(-c4ccccc4)o3)ccc2c1.[Na+]. The summed E-state index contributed by atoms with van der Waals surface area (Å²) in [6, 6.07) is 30.5. The van der Waals surface area contributed by atoms with E-state index in [-0.39, 0.29) is 35.1 Å². The second kappa shape index (κ2) is 8.90. The molecule has 0 aliphatic heterocycles. The van der Waals surface area contributed by atoms with Gasteiger partial charge in [-0.1, -0.05) is 78.9 Å². The third kappa shape index (κ3) is 4.19. The van der Waals surface area contributed by atoms with Gasteiger partial charge in [0.25, 0.3) is 0 Å². The van der Waals surface area contributed by atoms with Crippen molar-refractivity contribution >= 4 is 16.7 Å². The molecule has 0 aliphatic rings. The Balaban J connectivity index is 0.00000231. The summed E-state index contributed by atoms with van der Waals surface area (Å²) in [6.07, 6.45) is 0. The van der Waals surface area contributed by atoms with Gasteiger partial charge in [0.1, 0.15) is 5.69 Å². The first-order valence-electron chi connectivity index (χ1n) is 9.56. The number of carboxylic acid groups (broad SMARTS) is 1. The van der Waals surface area contributed by atoms with Crippen LogP contribution < -0.4 is 34.7 Å². The van der Waals surface area contributed by atoms with E-state index in [1.807, 2.05) is 78.9 Å². The van der Waals surface area contributed by atoms with E-state index in [4.69, 9.17) is 9.40 Å². The van der Waals surface area contributed by atoms with E-state index in [2.05, 4.69) is 0 Å². The third-order valence-electron chi connectivity index (χ3n) is 5.03. The second-order valence-electron chi connectivity index (χ2n) is 6.99. The molecule has 0 spiro atoms. The van der Waals surface area contributed by atoms with Crippen LogP contribution in [-0.2, 0) is 0 Å². The van der Waals surface area contributed by atoms with Crippen molar-refractivity contribution in [1.82, 2.24) is 4.98 Å². The molecule has 1 aromatic heterocycles. The van der Waals surface area contributed by atoms with Gasteiger partial charge in [-0.25, -0.2) is 4.98 Å². The molecule has 0 bridgehead atoms. The first-order chi connectivity index (χ1) is 14.7. The summed E-state index contributed by atoms with van der Waals surface area (Å²) in [5.74, 6) is 0.0384. The number of hydrogen-bond donors (Lipinski definition) is 0. The zero-order valence-corrected chi connectivity index (χ0v) is 18.9. The fourth-order valence-corrected chi connectivity index (χ4v) is 3.53. The average Bonchev–Trinajstić information content (AvgIpc) is 3.25. The van der Waals surface area contributed by atoms with Crippen LogP contribution in [0.5, 0.6) is 0 Å². The third-order valence-corrected chi connectivity index (χ3v) is 5.03. The van der Waals surface area contributed by atoms with E-state index >= 15 is 0 Å². The van der Waals surface area contributed by atoms with Gasteiger partial charge < -0.3 is 14.3 Å². The fraction of sp³-hybridized carbons (Fsp3) is 0. The van der Waals surface area contributed by atoms with Crippen LogP contribution in [0, 0.1) is 0 Å². The number of carboxylic acids is 1. The summed E-state index contributed by atoms with van der Waals surface area (Å²) in [7, 11) is 0. The number of oxazole rings is 1. The molecule has 0 atom stereocenters. The largest absolute Gasteiger partial charge is 1.00 e. The van der Waals surface area contributed by atoms with E-state index in [0.29, 0.717) is 11.7 Å². The molecule has 4 nitrogen and oxygen atoms in total. The number of benzene rings is 4. The predicted octanol–water partition coefficient (Wildman–Crippen LogP) is 2.20. The zero-order valence-electron chi connectivity index (χ0n) is 16.9. The number of hydrogen-bond acceptors (Lipinski definition) is 4. The zero-order chi connectivity index (χ0) is 20.5. The summed E-state index contributed by atoms with van der Waals surface area (Å²) >= 11 is 0. The quantitative estimate of drug-likeness (QED) is 0.424. The van der Waals surface area contributed by atoms with Gasteiger partial charge in [0.15, 0.2) is 5.76 Å². The Morgan fingerprint density at radius 2 is 1.32 bits per heavy atom. The van der Waals surface area contributed by atoms with Crippen LogP contribution in [-0.4, -0.2) is 11.0 Å². The van der Waals surface area contributed by atoms with Gasteiger partial charge in [-0.05, 0) is 34.5 Å². The monoisotopic (exact) mass is 413 g/mol. The van der Waals surface area contributed by atoms with E-state index < -0.39 is 5.97 Å². The van der Waals surface area contributed by atoms with Gasteiger partial charge in [0, 0.05) is 16.7 Å². The standard InChI is InChI=1S/C26H17NO3.Na/c28-26(29)22-14-12-19-15-21(13-11-20(19)16-22)25-27-23(17-7-3-1-4-8-17)24(30-25)18-9-5-2-6-10-18;/h1-16H,(H,28,29);/q;+1/p-1. The number of carbonyl (C=O) groups excluding carboxylic acids is 1. The van der Waals surface area contributed by atoms with Crippen LogP contribution in [0.25, 0.3) is 44.8 Å². The Hall–Kier alpha value is -3.18. The van der Waals surface area contributed by atoms with Crippen LogP contribution in [0.4, 0.5) is 0 Å². The van der Waals surface area contributed by atoms with Gasteiger partial charge in [-0.15, -0.1) is 0 Å². The van der Waals surface area contributed by atoms with Crippen molar-refractivity contribution in [3.63, 3.8) is 0 Å². The molecule has 0 saturated heterocycles. The molecule has 0 N–H and O–H groups in total. The molecule has 0 unspecified atom stereocenters. The van der Waals surface area contributed by atoms with Gasteiger partial charge in [-0.3, -0.25) is 0 Å². The molecule has 5 rings (SSSR count). The fourth-order valence-electron chi connectivity index (χ4n) is 3.53. The Morgan fingerprint density at radius 3 is 2.00 bits per heavy atom. The van der Waals surface area contributed by atoms with E-state index in [1.165, 1.54) is 0 Å². The molecular formula is C26H16NNaO3. The summed E-state index contributed by atoms with van der Waals surface area (Å²) in [4.78, 5) is 15.9. The Bertz CT molecular complexity index is 1300. The van der Waals surface area contributed by atoms with Crippen LogP contribution in [0.1, 0.15) is 10.4 Å². The Labute approximate surface area is 201 Å². The molecule has 0 aliphatic carbocycles. The minimum atomic E-state index is -1.19. The molecule has 0 saturated carbocycles. The molecule has 5 aromatic rings. The van der Waals surface area contributed by atoms with Crippen LogP contribution in [0.2, 0.25) is 0 Å². The summed E-state index contributed by atoms with van der Waals surface area (Å²) in [5, 5.41) is 12.8. The number of nitrogens with zero attached hydrogens (tertiary/aromatic N) is 1. The van der Waals surface area contributed by atoms with E-state index in [0.717, 1.165) is 33.2 Å². The molecule has 4 aromatic carbocycles. The molecule has 0 fully saturated rings. The summed E-state index contributed by atoms with van der Waals surface area (Å²) in [5.41, 5.74) is 3.69. The van der Waals surface area contributed by atoms with E-state index in [9.17, 15) is 9.90 Å². The van der Waals surface area contributed by atoms with Crippen LogP contribution in [0.3, 0.4) is 0 Å². The van der Waals surface area contributed by atoms with Crippen molar-refractivity contribution < 1.29 is 43.9 Å². The van der Waals surface area contributed by atoms with Crippen molar-refractivity contribution in [2.45, 2.75) is 0 Å². The molecule has 5 heteroatoms. The van der Waals surface area contributed by atoms with Crippen LogP contribution in [0.15, 0.2) is 101 Å². The average molecular weight is 413 g/mol. The first kappa shape index (κ1) is 21.1. The number of aromatic carboxylic acids is 1. The topological polar surface area (TPSA) is 66.2 Å². The summed E-state index contributed by atoms with van der Waals surface area (Å²) < 4.78 is 6.24. The predicted molar refractivity (Wildman–Crippen MR) is 115 cm³/mol. The molecule has 31 heavy (non-hydrogen) atoms. The van der Waals surface area contributed by atoms with Gasteiger partial charge >= 0.3 is 29.6 Å². The number of rotatable bonds is 4.